The van der Waals surface area contributed by atoms with Crippen molar-refractivity contribution in [1.29, 1.82) is 0 Å². The number of rotatable bonds is 2. The van der Waals surface area contributed by atoms with E-state index in [1.165, 1.54) is 5.56 Å². The molecule has 0 N–H and O–H groups in total. The Morgan fingerprint density at radius 3 is 2.64 bits per heavy atom. The standard InChI is InChI=1S/C9H14N2/c1-4-11(3)9-6-5-8(2)7-10-9/h5-7H,4H2,1-3H3. The highest BCUT2D eigenvalue weighted by molar-refractivity contribution is 5.37. The summed E-state index contributed by atoms with van der Waals surface area (Å²) in [6.45, 7) is 5.15. The fourth-order valence-electron chi connectivity index (χ4n) is 0.848. The van der Waals surface area contributed by atoms with E-state index >= 15 is 0 Å². The number of aromatic nitrogens is 1. The van der Waals surface area contributed by atoms with E-state index in [-0.39, 0.29) is 0 Å². The van der Waals surface area contributed by atoms with Crippen LogP contribution in [0.3, 0.4) is 0 Å². The Bertz CT molecular complexity index is 216. The molecule has 1 aromatic heterocycles. The topological polar surface area (TPSA) is 16.1 Å². The molecule has 2 nitrogen and oxygen atoms in total. The lowest BCUT2D eigenvalue weighted by Gasteiger charge is -2.14. The van der Waals surface area contributed by atoms with E-state index in [4.69, 9.17) is 0 Å². The molecule has 0 aliphatic heterocycles. The zero-order chi connectivity index (χ0) is 8.27. The minimum Gasteiger partial charge on any atom is -0.360 e. The van der Waals surface area contributed by atoms with Crippen molar-refractivity contribution in [2.75, 3.05) is 18.5 Å². The smallest absolute Gasteiger partial charge is 0.128 e. The van der Waals surface area contributed by atoms with Crippen molar-refractivity contribution in [3.63, 3.8) is 0 Å². The molecule has 0 atom stereocenters. The van der Waals surface area contributed by atoms with Gasteiger partial charge in [0.25, 0.3) is 0 Å². The molecular formula is C9H14N2. The second kappa shape index (κ2) is 3.37. The molecule has 1 aromatic rings. The molecule has 0 amide bonds. The van der Waals surface area contributed by atoms with Crippen LogP contribution in [0.5, 0.6) is 0 Å². The molecule has 0 unspecified atom stereocenters. The van der Waals surface area contributed by atoms with Crippen LogP contribution < -0.4 is 4.90 Å². The number of hydrogen-bond acceptors (Lipinski definition) is 2. The van der Waals surface area contributed by atoms with Crippen molar-refractivity contribution in [3.8, 4) is 0 Å². The summed E-state index contributed by atoms with van der Waals surface area (Å²) in [6, 6.07) is 4.12. The van der Waals surface area contributed by atoms with Crippen LogP contribution in [0.4, 0.5) is 5.82 Å². The van der Waals surface area contributed by atoms with Gasteiger partial charge in [-0.05, 0) is 25.5 Å². The molecule has 0 saturated carbocycles. The minimum absolute atomic E-state index is 0.996. The fourth-order valence-corrected chi connectivity index (χ4v) is 0.848. The van der Waals surface area contributed by atoms with Gasteiger partial charge in [-0.1, -0.05) is 6.07 Å². The Balaban J connectivity index is 2.81. The Morgan fingerprint density at radius 1 is 1.45 bits per heavy atom. The number of pyridine rings is 1. The molecule has 1 heterocycles. The lowest BCUT2D eigenvalue weighted by Crippen LogP contribution is -2.16. The molecule has 0 aliphatic rings. The summed E-state index contributed by atoms with van der Waals surface area (Å²) in [5.74, 6) is 1.04. The number of nitrogens with zero attached hydrogens (tertiary/aromatic N) is 2. The highest BCUT2D eigenvalue weighted by atomic mass is 15.1. The fraction of sp³-hybridized carbons (Fsp3) is 0.444. The summed E-state index contributed by atoms with van der Waals surface area (Å²) in [5.41, 5.74) is 1.21. The lowest BCUT2D eigenvalue weighted by atomic mass is 10.3. The predicted octanol–water partition coefficient (Wildman–Crippen LogP) is 1.85. The van der Waals surface area contributed by atoms with E-state index in [1.807, 2.05) is 26.2 Å². The Morgan fingerprint density at radius 2 is 2.18 bits per heavy atom. The van der Waals surface area contributed by atoms with Crippen LogP contribution in [0.1, 0.15) is 12.5 Å². The summed E-state index contributed by atoms with van der Waals surface area (Å²) in [4.78, 5) is 6.39. The first-order chi connectivity index (χ1) is 5.24. The molecule has 0 radical (unpaired) electrons. The van der Waals surface area contributed by atoms with Gasteiger partial charge in [-0.25, -0.2) is 4.98 Å². The van der Waals surface area contributed by atoms with Gasteiger partial charge in [0.15, 0.2) is 0 Å². The molecule has 11 heavy (non-hydrogen) atoms. The Kier molecular flexibility index (Phi) is 2.47. The van der Waals surface area contributed by atoms with Crippen LogP contribution in [0.2, 0.25) is 0 Å². The van der Waals surface area contributed by atoms with Gasteiger partial charge in [0, 0.05) is 19.8 Å². The molecule has 0 bridgehead atoms. The third-order valence-electron chi connectivity index (χ3n) is 1.76. The van der Waals surface area contributed by atoms with Crippen LogP contribution >= 0.6 is 0 Å². The lowest BCUT2D eigenvalue weighted by molar-refractivity contribution is 0.936. The molecule has 0 aromatic carbocycles. The molecule has 0 saturated heterocycles. The summed E-state index contributed by atoms with van der Waals surface area (Å²) < 4.78 is 0. The largest absolute Gasteiger partial charge is 0.360 e. The number of anilines is 1. The highest BCUT2D eigenvalue weighted by Crippen LogP contribution is 2.07. The maximum absolute atomic E-state index is 4.27. The summed E-state index contributed by atoms with van der Waals surface area (Å²) in [6.07, 6.45) is 1.89. The Labute approximate surface area is 67.9 Å². The molecule has 0 fully saturated rings. The zero-order valence-electron chi connectivity index (χ0n) is 7.33. The predicted molar refractivity (Wildman–Crippen MR) is 47.9 cm³/mol. The van der Waals surface area contributed by atoms with Crippen LogP contribution in [0.25, 0.3) is 0 Å². The maximum Gasteiger partial charge on any atom is 0.128 e. The van der Waals surface area contributed by atoms with Gasteiger partial charge >= 0.3 is 0 Å². The van der Waals surface area contributed by atoms with Crippen molar-refractivity contribution in [2.45, 2.75) is 13.8 Å². The monoisotopic (exact) mass is 150 g/mol. The maximum atomic E-state index is 4.27. The summed E-state index contributed by atoms with van der Waals surface area (Å²) in [7, 11) is 2.04. The summed E-state index contributed by atoms with van der Waals surface area (Å²) >= 11 is 0. The third-order valence-corrected chi connectivity index (χ3v) is 1.76. The van der Waals surface area contributed by atoms with Crippen LogP contribution in [0, 0.1) is 6.92 Å². The molecular weight excluding hydrogens is 136 g/mol. The summed E-state index contributed by atoms with van der Waals surface area (Å²) in [5, 5.41) is 0. The molecule has 1 rings (SSSR count). The van der Waals surface area contributed by atoms with Gasteiger partial charge in [-0.15, -0.1) is 0 Å². The highest BCUT2D eigenvalue weighted by Gasteiger charge is 1.96. The van der Waals surface area contributed by atoms with E-state index in [1.54, 1.807) is 0 Å². The second-order valence-electron chi connectivity index (χ2n) is 2.71. The van der Waals surface area contributed by atoms with Gasteiger partial charge < -0.3 is 4.90 Å². The SMILES string of the molecule is CCN(C)c1ccc(C)cn1. The average Bonchev–Trinajstić information content (AvgIpc) is 2.05. The van der Waals surface area contributed by atoms with Gasteiger partial charge in [0.05, 0.1) is 0 Å². The molecule has 0 spiro atoms. The quantitative estimate of drug-likeness (QED) is 0.639. The van der Waals surface area contributed by atoms with Crippen LogP contribution in [-0.2, 0) is 0 Å². The molecule has 2 heteroatoms. The minimum atomic E-state index is 0.996. The third kappa shape index (κ3) is 1.93. The Hall–Kier alpha value is -1.05. The van der Waals surface area contributed by atoms with Crippen molar-refractivity contribution in [2.24, 2.45) is 0 Å². The van der Waals surface area contributed by atoms with E-state index in [9.17, 15) is 0 Å². The van der Waals surface area contributed by atoms with Crippen molar-refractivity contribution < 1.29 is 0 Å². The van der Waals surface area contributed by atoms with Crippen LogP contribution in [0.15, 0.2) is 18.3 Å². The molecule has 0 aliphatic carbocycles. The number of hydrogen-bond donors (Lipinski definition) is 0. The van der Waals surface area contributed by atoms with Crippen molar-refractivity contribution in [3.05, 3.63) is 23.9 Å². The number of aryl methyl sites for hydroxylation is 1. The first kappa shape index (κ1) is 8.05. The van der Waals surface area contributed by atoms with E-state index in [2.05, 4.69) is 22.9 Å². The van der Waals surface area contributed by atoms with Gasteiger partial charge in [-0.2, -0.15) is 0 Å². The zero-order valence-corrected chi connectivity index (χ0v) is 7.33. The van der Waals surface area contributed by atoms with E-state index < -0.39 is 0 Å². The van der Waals surface area contributed by atoms with Crippen molar-refractivity contribution >= 4 is 5.82 Å². The van der Waals surface area contributed by atoms with Gasteiger partial charge in [-0.3, -0.25) is 0 Å². The average molecular weight is 150 g/mol. The normalized spacial score (nSPS) is 9.73. The first-order valence-electron chi connectivity index (χ1n) is 3.88. The van der Waals surface area contributed by atoms with Gasteiger partial charge in [0.1, 0.15) is 5.82 Å². The van der Waals surface area contributed by atoms with Gasteiger partial charge in [0.2, 0.25) is 0 Å². The van der Waals surface area contributed by atoms with Crippen LogP contribution in [-0.4, -0.2) is 18.6 Å². The van der Waals surface area contributed by atoms with E-state index in [0.717, 1.165) is 12.4 Å². The van der Waals surface area contributed by atoms with Crippen molar-refractivity contribution in [1.82, 2.24) is 4.98 Å². The second-order valence-corrected chi connectivity index (χ2v) is 2.71. The van der Waals surface area contributed by atoms with E-state index in [0.29, 0.717) is 0 Å². The molecule has 60 valence electrons. The first-order valence-corrected chi connectivity index (χ1v) is 3.88.